The van der Waals surface area contributed by atoms with Gasteiger partial charge in [-0.1, -0.05) is 0 Å². The van der Waals surface area contributed by atoms with Crippen LogP contribution in [0.4, 0.5) is 0 Å². The molecule has 6 nitrogen and oxygen atoms in total. The average molecular weight is 278 g/mol. The third-order valence-corrected chi connectivity index (χ3v) is 3.16. The molecule has 0 unspecified atom stereocenters. The van der Waals surface area contributed by atoms with E-state index in [1.165, 1.54) is 0 Å². The van der Waals surface area contributed by atoms with E-state index in [-0.39, 0.29) is 12.5 Å². The van der Waals surface area contributed by atoms with Gasteiger partial charge in [-0.15, -0.1) is 0 Å². The number of nitrogens with zero attached hydrogens (tertiary/aromatic N) is 2. The molecule has 1 aromatic carbocycles. The number of carbonyl (C=O) groups is 1. The number of benzene rings is 1. The second kappa shape index (κ2) is 6.27. The second-order valence-electron chi connectivity index (χ2n) is 4.34. The fraction of sp³-hybridized carbons (Fsp3) is 0.429. The van der Waals surface area contributed by atoms with E-state index < -0.39 is 0 Å². The molecule has 0 aromatic heterocycles. The Morgan fingerprint density at radius 1 is 1.20 bits per heavy atom. The van der Waals surface area contributed by atoms with Crippen molar-refractivity contribution in [3.8, 4) is 11.5 Å². The Balaban J connectivity index is 2.17. The summed E-state index contributed by atoms with van der Waals surface area (Å²) in [7, 11) is 4.75. The van der Waals surface area contributed by atoms with Crippen LogP contribution in [0.2, 0.25) is 0 Å². The maximum atomic E-state index is 11.9. The zero-order valence-electron chi connectivity index (χ0n) is 11.9. The molecule has 0 aliphatic carbocycles. The van der Waals surface area contributed by atoms with Gasteiger partial charge in [-0.3, -0.25) is 4.79 Å². The van der Waals surface area contributed by atoms with Gasteiger partial charge in [0.05, 0.1) is 27.9 Å². The van der Waals surface area contributed by atoms with Gasteiger partial charge in [-0.05, 0) is 12.1 Å². The number of methoxy groups -OCH3 is 3. The molecule has 0 spiro atoms. The summed E-state index contributed by atoms with van der Waals surface area (Å²) < 4.78 is 15.6. The first-order chi connectivity index (χ1) is 9.67. The molecule has 6 heteroatoms. The highest BCUT2D eigenvalue weighted by molar-refractivity contribution is 5.91. The third-order valence-electron chi connectivity index (χ3n) is 3.16. The van der Waals surface area contributed by atoms with Crippen LogP contribution in [0.15, 0.2) is 23.2 Å². The van der Waals surface area contributed by atoms with E-state index in [1.807, 2.05) is 12.1 Å². The minimum atomic E-state index is -0.0244. The van der Waals surface area contributed by atoms with E-state index in [1.54, 1.807) is 32.3 Å². The minimum absolute atomic E-state index is 0.0244. The number of carbonyl (C=O) groups excluding carboxylic acids is 1. The summed E-state index contributed by atoms with van der Waals surface area (Å²) in [5.41, 5.74) is 0.916. The number of ether oxygens (including phenoxy) is 3. The molecule has 0 bridgehead atoms. The number of aliphatic imine (C=N–C) groups is 1. The lowest BCUT2D eigenvalue weighted by Gasteiger charge is -2.26. The Labute approximate surface area is 118 Å². The average Bonchev–Trinajstić information content (AvgIpc) is 2.49. The summed E-state index contributed by atoms with van der Waals surface area (Å²) in [6.45, 7) is 0.959. The first-order valence-electron chi connectivity index (χ1n) is 6.24. The van der Waals surface area contributed by atoms with Crippen LogP contribution < -0.4 is 9.47 Å². The van der Waals surface area contributed by atoms with Crippen LogP contribution in [-0.4, -0.2) is 51.1 Å². The third kappa shape index (κ3) is 3.01. The van der Waals surface area contributed by atoms with Gasteiger partial charge in [0.25, 0.3) is 0 Å². The zero-order valence-corrected chi connectivity index (χ0v) is 11.9. The second-order valence-corrected chi connectivity index (χ2v) is 4.34. The van der Waals surface area contributed by atoms with E-state index in [2.05, 4.69) is 4.99 Å². The van der Waals surface area contributed by atoms with E-state index in [0.717, 1.165) is 11.3 Å². The lowest BCUT2D eigenvalue weighted by atomic mass is 10.1. The molecule has 0 radical (unpaired) electrons. The van der Waals surface area contributed by atoms with Gasteiger partial charge in [0.15, 0.2) is 0 Å². The van der Waals surface area contributed by atoms with Crippen LogP contribution >= 0.6 is 0 Å². The molecule has 1 heterocycles. The largest absolute Gasteiger partial charge is 0.497 e. The van der Waals surface area contributed by atoms with E-state index in [4.69, 9.17) is 14.2 Å². The van der Waals surface area contributed by atoms with Crippen molar-refractivity contribution in [1.29, 1.82) is 0 Å². The van der Waals surface area contributed by atoms with Crippen LogP contribution in [0.25, 0.3) is 0 Å². The van der Waals surface area contributed by atoms with Gasteiger partial charge in [0, 0.05) is 18.2 Å². The molecule has 108 valence electrons. The van der Waals surface area contributed by atoms with Crippen molar-refractivity contribution in [1.82, 2.24) is 4.90 Å². The Hall–Kier alpha value is -2.24. The SMILES string of the molecule is COC1=NCC(=O)N(Cc2ccc(OC)cc2OC)C1. The molecule has 1 aliphatic heterocycles. The van der Waals surface area contributed by atoms with Crippen molar-refractivity contribution in [2.75, 3.05) is 34.4 Å². The van der Waals surface area contributed by atoms with Crippen molar-refractivity contribution in [2.24, 2.45) is 4.99 Å². The van der Waals surface area contributed by atoms with E-state index >= 15 is 0 Å². The molecular weight excluding hydrogens is 260 g/mol. The van der Waals surface area contributed by atoms with Gasteiger partial charge in [0.2, 0.25) is 11.8 Å². The van der Waals surface area contributed by atoms with Crippen molar-refractivity contribution >= 4 is 11.8 Å². The summed E-state index contributed by atoms with van der Waals surface area (Å²) in [4.78, 5) is 17.6. The maximum absolute atomic E-state index is 11.9. The molecule has 2 rings (SSSR count). The van der Waals surface area contributed by atoms with Crippen LogP contribution in [0.1, 0.15) is 5.56 Å². The zero-order chi connectivity index (χ0) is 14.5. The maximum Gasteiger partial charge on any atom is 0.245 e. The van der Waals surface area contributed by atoms with Crippen molar-refractivity contribution in [2.45, 2.75) is 6.54 Å². The molecule has 0 saturated carbocycles. The molecule has 1 aliphatic rings. The standard InChI is InChI=1S/C14H18N2O4/c1-18-11-5-4-10(12(6-11)19-2)8-16-9-13(20-3)15-7-14(16)17/h4-6H,7-9H2,1-3H3. The van der Waals surface area contributed by atoms with Gasteiger partial charge >= 0.3 is 0 Å². The van der Waals surface area contributed by atoms with Gasteiger partial charge < -0.3 is 19.1 Å². The lowest BCUT2D eigenvalue weighted by Crippen LogP contribution is -2.41. The molecule has 0 atom stereocenters. The van der Waals surface area contributed by atoms with Crippen LogP contribution in [0.3, 0.4) is 0 Å². The Kier molecular flexibility index (Phi) is 4.45. The highest BCUT2D eigenvalue weighted by atomic mass is 16.5. The quantitative estimate of drug-likeness (QED) is 0.827. The number of hydrogen-bond acceptors (Lipinski definition) is 5. The molecule has 1 amide bonds. The topological polar surface area (TPSA) is 60.4 Å². The predicted molar refractivity (Wildman–Crippen MR) is 74.3 cm³/mol. The lowest BCUT2D eigenvalue weighted by molar-refractivity contribution is -0.130. The summed E-state index contributed by atoms with van der Waals surface area (Å²) in [5.74, 6) is 1.95. The Morgan fingerprint density at radius 3 is 2.65 bits per heavy atom. The number of amides is 1. The van der Waals surface area contributed by atoms with Crippen molar-refractivity contribution < 1.29 is 19.0 Å². The molecular formula is C14H18N2O4. The van der Waals surface area contributed by atoms with Crippen LogP contribution in [0.5, 0.6) is 11.5 Å². The smallest absolute Gasteiger partial charge is 0.245 e. The molecule has 0 saturated heterocycles. The monoisotopic (exact) mass is 278 g/mol. The normalized spacial score (nSPS) is 14.8. The highest BCUT2D eigenvalue weighted by Gasteiger charge is 2.22. The molecule has 0 N–H and O–H groups in total. The van der Waals surface area contributed by atoms with Gasteiger partial charge in [-0.2, -0.15) is 0 Å². The molecule has 1 aromatic rings. The molecule has 20 heavy (non-hydrogen) atoms. The predicted octanol–water partition coefficient (Wildman–Crippen LogP) is 1.09. The first kappa shape index (κ1) is 14.2. The Bertz CT molecular complexity index is 528. The van der Waals surface area contributed by atoms with Gasteiger partial charge in [-0.25, -0.2) is 4.99 Å². The first-order valence-corrected chi connectivity index (χ1v) is 6.24. The fourth-order valence-corrected chi connectivity index (χ4v) is 2.02. The summed E-state index contributed by atoms with van der Waals surface area (Å²) >= 11 is 0. The highest BCUT2D eigenvalue weighted by Crippen LogP contribution is 2.26. The fourth-order valence-electron chi connectivity index (χ4n) is 2.02. The van der Waals surface area contributed by atoms with Crippen LogP contribution in [-0.2, 0) is 16.1 Å². The van der Waals surface area contributed by atoms with E-state index in [0.29, 0.717) is 24.7 Å². The van der Waals surface area contributed by atoms with Gasteiger partial charge in [0.1, 0.15) is 18.0 Å². The Morgan fingerprint density at radius 2 is 2.00 bits per heavy atom. The van der Waals surface area contributed by atoms with Crippen molar-refractivity contribution in [3.05, 3.63) is 23.8 Å². The number of rotatable bonds is 4. The summed E-state index contributed by atoms with van der Waals surface area (Å²) in [6.07, 6.45) is 0. The minimum Gasteiger partial charge on any atom is -0.497 e. The van der Waals surface area contributed by atoms with E-state index in [9.17, 15) is 4.79 Å². The number of hydrogen-bond donors (Lipinski definition) is 0. The van der Waals surface area contributed by atoms with Crippen LogP contribution in [0, 0.1) is 0 Å². The summed E-state index contributed by atoms with van der Waals surface area (Å²) in [6, 6.07) is 5.54. The summed E-state index contributed by atoms with van der Waals surface area (Å²) in [5, 5.41) is 0. The van der Waals surface area contributed by atoms with Crippen molar-refractivity contribution in [3.63, 3.8) is 0 Å². The molecule has 0 fully saturated rings.